The molecule has 102 valence electrons. The van der Waals surface area contributed by atoms with E-state index in [0.717, 1.165) is 0 Å². The quantitative estimate of drug-likeness (QED) is 0.284. The minimum absolute atomic E-state index is 0.108. The molecule has 17 heavy (non-hydrogen) atoms. The van der Waals surface area contributed by atoms with Gasteiger partial charge >= 0.3 is 0 Å². The van der Waals surface area contributed by atoms with Crippen molar-refractivity contribution in [2.45, 2.75) is 6.42 Å². The molecular formula is C10H23N3O4. The van der Waals surface area contributed by atoms with Crippen LogP contribution in [0.2, 0.25) is 0 Å². The van der Waals surface area contributed by atoms with Crippen LogP contribution >= 0.6 is 0 Å². The highest BCUT2D eigenvalue weighted by atomic mass is 16.5. The summed E-state index contributed by atoms with van der Waals surface area (Å²) >= 11 is 0. The van der Waals surface area contributed by atoms with Gasteiger partial charge in [0.15, 0.2) is 0 Å². The number of nitrogens with two attached hydrogens (primary N) is 2. The monoisotopic (exact) mass is 249 g/mol. The summed E-state index contributed by atoms with van der Waals surface area (Å²) in [6.07, 6.45) is 0.316. The molecule has 0 aromatic carbocycles. The topological polar surface area (TPSA) is 109 Å². The van der Waals surface area contributed by atoms with Crippen LogP contribution < -0.4 is 16.8 Å². The third-order valence-electron chi connectivity index (χ3n) is 1.78. The lowest BCUT2D eigenvalue weighted by Crippen LogP contribution is -2.30. The van der Waals surface area contributed by atoms with Crippen molar-refractivity contribution in [3.63, 3.8) is 0 Å². The first kappa shape index (κ1) is 16.3. The number of rotatable bonds is 12. The Labute approximate surface area is 102 Å². The van der Waals surface area contributed by atoms with Crippen molar-refractivity contribution in [2.24, 2.45) is 11.5 Å². The highest BCUT2D eigenvalue weighted by molar-refractivity contribution is 5.75. The van der Waals surface area contributed by atoms with Crippen LogP contribution in [0.4, 0.5) is 0 Å². The molecule has 0 saturated carbocycles. The van der Waals surface area contributed by atoms with Gasteiger partial charge in [0.05, 0.1) is 46.3 Å². The normalized spacial score (nSPS) is 10.5. The minimum Gasteiger partial charge on any atom is -0.379 e. The number of amides is 1. The first-order valence-electron chi connectivity index (χ1n) is 5.71. The Hall–Kier alpha value is -0.730. The zero-order valence-corrected chi connectivity index (χ0v) is 10.2. The molecule has 0 bridgehead atoms. The molecule has 0 atom stereocenters. The maximum atomic E-state index is 10.9. The maximum Gasteiger partial charge on any atom is 0.223 e. The Balaban J connectivity index is 3.01. The van der Waals surface area contributed by atoms with Crippen molar-refractivity contribution in [3.05, 3.63) is 0 Å². The van der Waals surface area contributed by atoms with Crippen molar-refractivity contribution < 1.29 is 19.0 Å². The molecule has 0 aliphatic carbocycles. The van der Waals surface area contributed by atoms with Gasteiger partial charge in [0, 0.05) is 13.0 Å². The molecule has 0 unspecified atom stereocenters. The van der Waals surface area contributed by atoms with Crippen molar-refractivity contribution in [1.82, 2.24) is 5.32 Å². The van der Waals surface area contributed by atoms with Gasteiger partial charge in [-0.2, -0.15) is 0 Å². The lowest BCUT2D eigenvalue weighted by Gasteiger charge is -2.06. The second-order valence-electron chi connectivity index (χ2n) is 3.18. The second-order valence-corrected chi connectivity index (χ2v) is 3.18. The summed E-state index contributed by atoms with van der Waals surface area (Å²) < 4.78 is 15.5. The van der Waals surface area contributed by atoms with Crippen LogP contribution in [0.1, 0.15) is 6.42 Å². The van der Waals surface area contributed by atoms with E-state index in [1.807, 2.05) is 0 Å². The zero-order chi connectivity index (χ0) is 12.8. The van der Waals surface area contributed by atoms with E-state index < -0.39 is 0 Å². The van der Waals surface area contributed by atoms with Crippen LogP contribution in [0.3, 0.4) is 0 Å². The van der Waals surface area contributed by atoms with Crippen molar-refractivity contribution in [2.75, 3.05) is 52.9 Å². The molecule has 0 aromatic heterocycles. The second kappa shape index (κ2) is 13.3. The van der Waals surface area contributed by atoms with Gasteiger partial charge in [-0.15, -0.1) is 0 Å². The molecule has 0 saturated heterocycles. The average Bonchev–Trinajstić information content (AvgIpc) is 2.32. The Morgan fingerprint density at radius 3 is 1.94 bits per heavy atom. The number of carbonyl (C=O) groups excluding carboxylic acids is 1. The van der Waals surface area contributed by atoms with E-state index in [-0.39, 0.29) is 12.6 Å². The molecule has 1 amide bonds. The summed E-state index contributed by atoms with van der Waals surface area (Å²) in [4.78, 5) is 10.9. The Morgan fingerprint density at radius 2 is 1.41 bits per heavy atom. The van der Waals surface area contributed by atoms with Gasteiger partial charge in [-0.05, 0) is 0 Å². The van der Waals surface area contributed by atoms with E-state index in [9.17, 15) is 4.79 Å². The largest absolute Gasteiger partial charge is 0.379 e. The molecule has 0 radical (unpaired) electrons. The van der Waals surface area contributed by atoms with Crippen LogP contribution in [0.5, 0.6) is 0 Å². The molecule has 7 heteroatoms. The van der Waals surface area contributed by atoms with Gasteiger partial charge in [-0.1, -0.05) is 0 Å². The highest BCUT2D eigenvalue weighted by Gasteiger charge is 1.98. The summed E-state index contributed by atoms with van der Waals surface area (Å²) in [6, 6.07) is 0. The van der Waals surface area contributed by atoms with Gasteiger partial charge in [-0.25, -0.2) is 0 Å². The maximum absolute atomic E-state index is 10.9. The molecule has 5 N–H and O–H groups in total. The van der Waals surface area contributed by atoms with Gasteiger partial charge in [0.25, 0.3) is 0 Å². The number of carbonyl (C=O) groups is 1. The standard InChI is InChI=1S/C10H23N3O4/c11-2-4-16-6-8-17-7-5-15-3-1-10(14)13-9-12/h1-9,11-12H2,(H,13,14). The van der Waals surface area contributed by atoms with E-state index in [2.05, 4.69) is 5.32 Å². The summed E-state index contributed by atoms with van der Waals surface area (Å²) in [5.41, 5.74) is 10.4. The fourth-order valence-corrected chi connectivity index (χ4v) is 0.992. The van der Waals surface area contributed by atoms with Crippen LogP contribution in [-0.4, -0.2) is 58.8 Å². The molecule has 0 rings (SSSR count). The molecule has 0 fully saturated rings. The van der Waals surface area contributed by atoms with Gasteiger partial charge in [0.2, 0.25) is 5.91 Å². The molecule has 0 spiro atoms. The van der Waals surface area contributed by atoms with Gasteiger partial charge < -0.3 is 31.0 Å². The molecule has 0 aliphatic heterocycles. The van der Waals surface area contributed by atoms with Crippen molar-refractivity contribution in [3.8, 4) is 0 Å². The van der Waals surface area contributed by atoms with Crippen LogP contribution in [-0.2, 0) is 19.0 Å². The van der Waals surface area contributed by atoms with Crippen molar-refractivity contribution in [1.29, 1.82) is 0 Å². The summed E-state index contributed by atoms with van der Waals surface area (Å²) in [5, 5.41) is 2.48. The molecule has 7 nitrogen and oxygen atoms in total. The minimum atomic E-state index is -0.108. The number of hydrogen-bond donors (Lipinski definition) is 3. The predicted molar refractivity (Wildman–Crippen MR) is 63.3 cm³/mol. The van der Waals surface area contributed by atoms with Crippen LogP contribution in [0, 0.1) is 0 Å². The molecule has 0 aliphatic rings. The van der Waals surface area contributed by atoms with E-state index in [0.29, 0.717) is 52.6 Å². The van der Waals surface area contributed by atoms with Gasteiger partial charge in [0.1, 0.15) is 0 Å². The average molecular weight is 249 g/mol. The van der Waals surface area contributed by atoms with E-state index in [1.54, 1.807) is 0 Å². The molecule has 0 heterocycles. The third kappa shape index (κ3) is 13.2. The highest BCUT2D eigenvalue weighted by Crippen LogP contribution is 1.84. The fraction of sp³-hybridized carbons (Fsp3) is 0.900. The predicted octanol–water partition coefficient (Wildman–Crippen LogP) is -1.58. The summed E-state index contributed by atoms with van der Waals surface area (Å²) in [5.74, 6) is -0.108. The Kier molecular flexibility index (Phi) is 12.8. The van der Waals surface area contributed by atoms with Gasteiger partial charge in [-0.3, -0.25) is 4.79 Å². The first-order valence-corrected chi connectivity index (χ1v) is 5.71. The summed E-state index contributed by atoms with van der Waals surface area (Å²) in [6.45, 7) is 3.62. The number of hydrogen-bond acceptors (Lipinski definition) is 6. The number of nitrogens with one attached hydrogen (secondary N) is 1. The SMILES string of the molecule is NCCOCCOCCOCCC(=O)NCN. The Bertz CT molecular complexity index is 181. The van der Waals surface area contributed by atoms with Crippen LogP contribution in [0.25, 0.3) is 0 Å². The van der Waals surface area contributed by atoms with E-state index in [1.165, 1.54) is 0 Å². The first-order chi connectivity index (χ1) is 8.31. The third-order valence-corrected chi connectivity index (χ3v) is 1.78. The lowest BCUT2D eigenvalue weighted by molar-refractivity contribution is -0.122. The fourth-order valence-electron chi connectivity index (χ4n) is 0.992. The van der Waals surface area contributed by atoms with E-state index >= 15 is 0 Å². The van der Waals surface area contributed by atoms with Crippen LogP contribution in [0.15, 0.2) is 0 Å². The molecular weight excluding hydrogens is 226 g/mol. The summed E-state index contributed by atoms with van der Waals surface area (Å²) in [7, 11) is 0. The zero-order valence-electron chi connectivity index (χ0n) is 10.2. The molecule has 0 aromatic rings. The van der Waals surface area contributed by atoms with Crippen molar-refractivity contribution >= 4 is 5.91 Å². The lowest BCUT2D eigenvalue weighted by atomic mass is 10.4. The smallest absolute Gasteiger partial charge is 0.223 e. The Morgan fingerprint density at radius 1 is 0.882 bits per heavy atom. The van der Waals surface area contributed by atoms with E-state index in [4.69, 9.17) is 25.7 Å². The number of ether oxygens (including phenoxy) is 3.